The van der Waals surface area contributed by atoms with Crippen molar-refractivity contribution in [3.63, 3.8) is 0 Å². The topological polar surface area (TPSA) is 104 Å². The number of nitrogens with zero attached hydrogens (tertiary/aromatic N) is 3. The van der Waals surface area contributed by atoms with Crippen molar-refractivity contribution in [2.45, 2.75) is 4.90 Å². The summed E-state index contributed by atoms with van der Waals surface area (Å²) < 4.78 is 31.1. The molecule has 1 aromatic carbocycles. The molecule has 0 radical (unpaired) electrons. The highest BCUT2D eigenvalue weighted by atomic mass is 35.5. The molecule has 0 spiro atoms. The van der Waals surface area contributed by atoms with E-state index in [2.05, 4.69) is 14.7 Å². The minimum Gasteiger partial charge on any atom is -0.495 e. The van der Waals surface area contributed by atoms with Crippen LogP contribution in [0.3, 0.4) is 0 Å². The van der Waals surface area contributed by atoms with Crippen LogP contribution in [-0.2, 0) is 10.0 Å². The zero-order chi connectivity index (χ0) is 13.6. The van der Waals surface area contributed by atoms with E-state index in [1.54, 1.807) is 0 Å². The highest BCUT2D eigenvalue weighted by Crippen LogP contribution is 2.26. The maximum Gasteiger partial charge on any atom is 0.244 e. The number of methoxy groups -OCH3 is 1. The third-order valence-corrected chi connectivity index (χ3v) is 3.70. The number of sulfonamides is 1. The summed E-state index contributed by atoms with van der Waals surface area (Å²) in [5.41, 5.74) is 8.07. The van der Waals surface area contributed by atoms with Crippen LogP contribution in [0.25, 0.3) is 10.4 Å². The Kier molecular flexibility index (Phi) is 5.24. The molecule has 0 saturated carbocycles. The molecule has 0 unspecified atom stereocenters. The molecular formula is C9H11ClN4O3S. The Balaban J connectivity index is 2.96. The second kappa shape index (κ2) is 6.46. The molecule has 0 aliphatic carbocycles. The van der Waals surface area contributed by atoms with E-state index >= 15 is 0 Å². The van der Waals surface area contributed by atoms with E-state index in [0.29, 0.717) is 0 Å². The molecule has 0 heterocycles. The van der Waals surface area contributed by atoms with E-state index < -0.39 is 10.0 Å². The van der Waals surface area contributed by atoms with Gasteiger partial charge in [-0.05, 0) is 23.7 Å². The van der Waals surface area contributed by atoms with Crippen LogP contribution in [-0.4, -0.2) is 28.6 Å². The lowest BCUT2D eigenvalue weighted by molar-refractivity contribution is 0.402. The van der Waals surface area contributed by atoms with Gasteiger partial charge in [0.15, 0.2) is 0 Å². The van der Waals surface area contributed by atoms with Crippen molar-refractivity contribution in [3.8, 4) is 5.75 Å². The average Bonchev–Trinajstić information content (AvgIpc) is 2.35. The number of benzene rings is 1. The highest BCUT2D eigenvalue weighted by molar-refractivity contribution is 7.89. The second-order valence-electron chi connectivity index (χ2n) is 3.15. The number of nitrogens with one attached hydrogen (secondary N) is 1. The Labute approximate surface area is 109 Å². The monoisotopic (exact) mass is 290 g/mol. The summed E-state index contributed by atoms with van der Waals surface area (Å²) >= 11 is 5.75. The molecule has 7 nitrogen and oxygen atoms in total. The van der Waals surface area contributed by atoms with Gasteiger partial charge in [0.05, 0.1) is 7.11 Å². The van der Waals surface area contributed by atoms with E-state index in [0.717, 1.165) is 0 Å². The summed E-state index contributed by atoms with van der Waals surface area (Å²) in [4.78, 5) is 2.46. The fourth-order valence-corrected chi connectivity index (χ4v) is 2.66. The molecule has 0 saturated heterocycles. The quantitative estimate of drug-likeness (QED) is 0.374. The lowest BCUT2D eigenvalue weighted by atomic mass is 10.3. The molecule has 1 N–H and O–H groups in total. The second-order valence-corrected chi connectivity index (χ2v) is 5.32. The van der Waals surface area contributed by atoms with Crippen molar-refractivity contribution in [1.82, 2.24) is 4.72 Å². The summed E-state index contributed by atoms with van der Waals surface area (Å²) in [5.74, 6) is 0.190. The van der Waals surface area contributed by atoms with Gasteiger partial charge in [-0.3, -0.25) is 0 Å². The van der Waals surface area contributed by atoms with Gasteiger partial charge in [0.25, 0.3) is 0 Å². The normalized spacial score (nSPS) is 10.8. The lowest BCUT2D eigenvalue weighted by Gasteiger charge is -2.10. The van der Waals surface area contributed by atoms with Crippen molar-refractivity contribution >= 4 is 21.6 Å². The predicted molar refractivity (Wildman–Crippen MR) is 67.2 cm³/mol. The van der Waals surface area contributed by atoms with Gasteiger partial charge in [-0.2, -0.15) is 0 Å². The van der Waals surface area contributed by atoms with E-state index in [1.807, 2.05) is 0 Å². The fraction of sp³-hybridized carbons (Fsp3) is 0.333. The van der Waals surface area contributed by atoms with Gasteiger partial charge in [-0.25, -0.2) is 13.1 Å². The number of hydrogen-bond donors (Lipinski definition) is 1. The number of azide groups is 1. The molecule has 9 heteroatoms. The van der Waals surface area contributed by atoms with E-state index in [9.17, 15) is 8.42 Å². The van der Waals surface area contributed by atoms with Crippen molar-refractivity contribution in [3.05, 3.63) is 33.7 Å². The maximum absolute atomic E-state index is 11.9. The molecule has 0 atom stereocenters. The van der Waals surface area contributed by atoms with Crippen LogP contribution in [0.5, 0.6) is 5.75 Å². The third kappa shape index (κ3) is 3.78. The van der Waals surface area contributed by atoms with Crippen molar-refractivity contribution in [2.24, 2.45) is 5.11 Å². The molecule has 0 bridgehead atoms. The molecule has 18 heavy (non-hydrogen) atoms. The molecule has 0 aliphatic heterocycles. The Morgan fingerprint density at radius 1 is 1.56 bits per heavy atom. The molecule has 1 rings (SSSR count). The number of hydrogen-bond acceptors (Lipinski definition) is 4. The first-order valence-corrected chi connectivity index (χ1v) is 6.71. The average molecular weight is 291 g/mol. The van der Waals surface area contributed by atoms with Crippen molar-refractivity contribution < 1.29 is 13.2 Å². The SMILES string of the molecule is COc1ccc(Cl)cc1S(=O)(=O)NCCN=[N+]=[N-]. The lowest BCUT2D eigenvalue weighted by Crippen LogP contribution is -2.26. The molecule has 0 fully saturated rings. The van der Waals surface area contributed by atoms with E-state index in [-0.39, 0.29) is 28.8 Å². The minimum absolute atomic E-state index is 0.00204. The van der Waals surface area contributed by atoms with Gasteiger partial charge in [-0.1, -0.05) is 16.7 Å². The first kappa shape index (κ1) is 14.6. The first-order valence-electron chi connectivity index (χ1n) is 4.85. The summed E-state index contributed by atoms with van der Waals surface area (Å²) in [6, 6.07) is 4.28. The summed E-state index contributed by atoms with van der Waals surface area (Å²) in [6.45, 7) is 0.0284. The van der Waals surface area contributed by atoms with Gasteiger partial charge in [-0.15, -0.1) is 0 Å². The Morgan fingerprint density at radius 3 is 2.89 bits per heavy atom. The van der Waals surface area contributed by atoms with Gasteiger partial charge in [0.2, 0.25) is 10.0 Å². The summed E-state index contributed by atoms with van der Waals surface area (Å²) in [7, 11) is -2.39. The van der Waals surface area contributed by atoms with Gasteiger partial charge in [0, 0.05) is 23.0 Å². The number of halogens is 1. The van der Waals surface area contributed by atoms with Crippen LogP contribution < -0.4 is 9.46 Å². The Bertz CT molecular complexity index is 569. The van der Waals surface area contributed by atoms with E-state index in [1.165, 1.54) is 25.3 Å². The zero-order valence-electron chi connectivity index (χ0n) is 9.50. The van der Waals surface area contributed by atoms with Crippen LogP contribution in [0.2, 0.25) is 5.02 Å². The van der Waals surface area contributed by atoms with Crippen LogP contribution in [0.15, 0.2) is 28.2 Å². The molecule has 1 aromatic rings. The van der Waals surface area contributed by atoms with Crippen LogP contribution in [0, 0.1) is 0 Å². The standard InChI is InChI=1S/C9H11ClN4O3S/c1-17-8-3-2-7(10)6-9(8)18(15,16)13-5-4-12-14-11/h2-3,6,13H,4-5H2,1H3. The summed E-state index contributed by atoms with van der Waals surface area (Å²) in [5, 5.41) is 3.51. The van der Waals surface area contributed by atoms with Gasteiger partial charge >= 0.3 is 0 Å². The third-order valence-electron chi connectivity index (χ3n) is 1.98. The maximum atomic E-state index is 11.9. The predicted octanol–water partition coefficient (Wildman–Crippen LogP) is 1.94. The molecule has 98 valence electrons. The first-order chi connectivity index (χ1) is 8.51. The van der Waals surface area contributed by atoms with Gasteiger partial charge < -0.3 is 4.74 Å². The number of rotatable bonds is 6. The summed E-state index contributed by atoms with van der Waals surface area (Å²) in [6.07, 6.45) is 0. The number of ether oxygens (including phenoxy) is 1. The molecule has 0 amide bonds. The highest BCUT2D eigenvalue weighted by Gasteiger charge is 2.19. The van der Waals surface area contributed by atoms with Crippen molar-refractivity contribution in [2.75, 3.05) is 20.2 Å². The van der Waals surface area contributed by atoms with Crippen LogP contribution in [0.1, 0.15) is 0 Å². The van der Waals surface area contributed by atoms with Gasteiger partial charge in [0.1, 0.15) is 10.6 Å². The minimum atomic E-state index is -3.75. The molecular weight excluding hydrogens is 280 g/mol. The zero-order valence-corrected chi connectivity index (χ0v) is 11.1. The van der Waals surface area contributed by atoms with Crippen molar-refractivity contribution in [1.29, 1.82) is 0 Å². The largest absolute Gasteiger partial charge is 0.495 e. The van der Waals surface area contributed by atoms with Crippen LogP contribution >= 0.6 is 11.6 Å². The van der Waals surface area contributed by atoms with E-state index in [4.69, 9.17) is 21.9 Å². The smallest absolute Gasteiger partial charge is 0.244 e. The fourth-order valence-electron chi connectivity index (χ4n) is 1.21. The Hall–Kier alpha value is -1.47. The molecule has 0 aliphatic rings. The molecule has 0 aromatic heterocycles. The Morgan fingerprint density at radius 2 is 2.28 bits per heavy atom. The van der Waals surface area contributed by atoms with Crippen LogP contribution in [0.4, 0.5) is 0 Å².